The van der Waals surface area contributed by atoms with Gasteiger partial charge < -0.3 is 10.0 Å². The molecule has 5 heteroatoms. The second-order valence-electron chi connectivity index (χ2n) is 7.04. The van der Waals surface area contributed by atoms with Crippen LogP contribution in [0.15, 0.2) is 42.5 Å². The van der Waals surface area contributed by atoms with E-state index in [0.717, 1.165) is 23.6 Å². The first-order chi connectivity index (χ1) is 12.3. The van der Waals surface area contributed by atoms with Gasteiger partial charge in [-0.05, 0) is 31.0 Å². The Kier molecular flexibility index (Phi) is 4.89. The van der Waals surface area contributed by atoms with Crippen molar-refractivity contribution in [1.29, 1.82) is 0 Å². The van der Waals surface area contributed by atoms with Crippen LogP contribution in [0.25, 0.3) is 22.3 Å². The van der Waals surface area contributed by atoms with Gasteiger partial charge in [0.05, 0.1) is 16.6 Å². The third-order valence-corrected chi connectivity index (χ3v) is 4.22. The van der Waals surface area contributed by atoms with Crippen molar-refractivity contribution < 1.29 is 9.90 Å². The number of anilines is 1. The molecular formula is C21H23N3O2. The van der Waals surface area contributed by atoms with Gasteiger partial charge in [-0.1, -0.05) is 43.7 Å². The maximum atomic E-state index is 11.3. The van der Waals surface area contributed by atoms with Crippen molar-refractivity contribution in [2.24, 2.45) is 5.92 Å². The minimum Gasteiger partial charge on any atom is -0.478 e. The first-order valence-electron chi connectivity index (χ1n) is 8.68. The Bertz CT molecular complexity index is 949. The van der Waals surface area contributed by atoms with E-state index in [2.05, 4.69) is 37.8 Å². The second kappa shape index (κ2) is 7.12. The highest BCUT2D eigenvalue weighted by atomic mass is 16.4. The van der Waals surface area contributed by atoms with Gasteiger partial charge >= 0.3 is 5.97 Å². The fourth-order valence-electron chi connectivity index (χ4n) is 2.98. The van der Waals surface area contributed by atoms with E-state index < -0.39 is 5.97 Å². The number of aromatic nitrogens is 2. The minimum atomic E-state index is -0.964. The molecule has 0 radical (unpaired) electrons. The molecule has 0 spiro atoms. The van der Waals surface area contributed by atoms with Crippen LogP contribution in [0.1, 0.15) is 29.8 Å². The quantitative estimate of drug-likeness (QED) is 0.740. The summed E-state index contributed by atoms with van der Waals surface area (Å²) in [5.41, 5.74) is 4.48. The van der Waals surface area contributed by atoms with E-state index in [1.165, 1.54) is 5.56 Å². The van der Waals surface area contributed by atoms with Crippen LogP contribution < -0.4 is 4.90 Å². The number of carbonyl (C=O) groups is 1. The number of benzene rings is 2. The van der Waals surface area contributed by atoms with Gasteiger partial charge in [-0.2, -0.15) is 0 Å². The Hall–Kier alpha value is -2.95. The molecule has 2 aromatic carbocycles. The molecule has 3 aromatic rings. The summed E-state index contributed by atoms with van der Waals surface area (Å²) in [6.45, 7) is 7.19. The molecule has 0 atom stereocenters. The monoisotopic (exact) mass is 349 g/mol. The van der Waals surface area contributed by atoms with Crippen LogP contribution >= 0.6 is 0 Å². The predicted molar refractivity (Wildman–Crippen MR) is 105 cm³/mol. The molecule has 0 aliphatic carbocycles. The largest absolute Gasteiger partial charge is 0.478 e. The number of aromatic carboxylic acids is 1. The zero-order valence-corrected chi connectivity index (χ0v) is 15.5. The highest BCUT2D eigenvalue weighted by Gasteiger charge is 2.16. The number of nitrogens with zero attached hydrogens (tertiary/aromatic N) is 3. The third-order valence-electron chi connectivity index (χ3n) is 4.22. The fraction of sp³-hybridized carbons (Fsp3) is 0.286. The number of carboxylic acids is 1. The molecule has 134 valence electrons. The maximum Gasteiger partial charge on any atom is 0.335 e. The molecule has 1 heterocycles. The summed E-state index contributed by atoms with van der Waals surface area (Å²) in [6.07, 6.45) is 0. The smallest absolute Gasteiger partial charge is 0.335 e. The number of rotatable bonds is 5. The molecule has 0 bridgehead atoms. The van der Waals surface area contributed by atoms with E-state index in [0.29, 0.717) is 17.0 Å². The number of hydrogen-bond acceptors (Lipinski definition) is 4. The molecule has 0 saturated carbocycles. The van der Waals surface area contributed by atoms with Crippen LogP contribution in [0.2, 0.25) is 0 Å². The molecule has 26 heavy (non-hydrogen) atoms. The lowest BCUT2D eigenvalue weighted by atomic mass is 10.1. The molecule has 5 nitrogen and oxygen atoms in total. The van der Waals surface area contributed by atoms with Crippen LogP contribution in [0.5, 0.6) is 0 Å². The van der Waals surface area contributed by atoms with Gasteiger partial charge in [-0.3, -0.25) is 0 Å². The first-order valence-corrected chi connectivity index (χ1v) is 8.68. The number of carboxylic acid groups (broad SMARTS) is 1. The van der Waals surface area contributed by atoms with E-state index in [1.54, 1.807) is 18.2 Å². The molecule has 0 saturated heterocycles. The highest BCUT2D eigenvalue weighted by Crippen LogP contribution is 2.30. The summed E-state index contributed by atoms with van der Waals surface area (Å²) in [5, 5.41) is 9.24. The van der Waals surface area contributed by atoms with E-state index in [9.17, 15) is 9.90 Å². The molecule has 0 amide bonds. The molecular weight excluding hydrogens is 326 g/mol. The predicted octanol–water partition coefficient (Wildman–Crippen LogP) is 4.40. The van der Waals surface area contributed by atoms with Crippen LogP contribution in [-0.2, 0) is 0 Å². The molecule has 0 aliphatic heterocycles. The third kappa shape index (κ3) is 3.67. The zero-order chi connectivity index (χ0) is 18.8. The normalized spacial score (nSPS) is 11.1. The topological polar surface area (TPSA) is 66.3 Å². The average Bonchev–Trinajstić information content (AvgIpc) is 2.60. The van der Waals surface area contributed by atoms with Gasteiger partial charge in [-0.15, -0.1) is 0 Å². The maximum absolute atomic E-state index is 11.3. The van der Waals surface area contributed by atoms with Crippen molar-refractivity contribution in [3.05, 3.63) is 53.6 Å². The van der Waals surface area contributed by atoms with Gasteiger partial charge in [0.1, 0.15) is 5.69 Å². The summed E-state index contributed by atoms with van der Waals surface area (Å²) in [6, 6.07) is 13.1. The Labute approximate surface area is 153 Å². The number of fused-ring (bicyclic) bond motifs is 1. The molecule has 1 aromatic heterocycles. The van der Waals surface area contributed by atoms with Crippen molar-refractivity contribution in [3.8, 4) is 11.3 Å². The molecule has 3 rings (SSSR count). The average molecular weight is 349 g/mol. The molecule has 0 unspecified atom stereocenters. The Balaban J connectivity index is 2.21. The van der Waals surface area contributed by atoms with Crippen molar-refractivity contribution in [1.82, 2.24) is 9.97 Å². The summed E-state index contributed by atoms with van der Waals surface area (Å²) in [7, 11) is 1.99. The zero-order valence-electron chi connectivity index (χ0n) is 15.5. The highest BCUT2D eigenvalue weighted by molar-refractivity contribution is 5.93. The van der Waals surface area contributed by atoms with Gasteiger partial charge in [0, 0.05) is 19.2 Å². The lowest BCUT2D eigenvalue weighted by molar-refractivity contribution is 0.0697. The van der Waals surface area contributed by atoms with E-state index in [-0.39, 0.29) is 5.56 Å². The molecule has 0 fully saturated rings. The standard InChI is InChI=1S/C21H23N3O2/c1-13(2)12-24(4)20-19(15-7-5-14(3)6-8-15)22-17-10-9-16(21(25)26)11-18(17)23-20/h5-11,13H,12H2,1-4H3,(H,25,26). The SMILES string of the molecule is Cc1ccc(-c2nc3ccc(C(=O)O)cc3nc2N(C)CC(C)C)cc1. The second-order valence-corrected chi connectivity index (χ2v) is 7.04. The van der Waals surface area contributed by atoms with Crippen molar-refractivity contribution >= 4 is 22.8 Å². The lowest BCUT2D eigenvalue weighted by Crippen LogP contribution is -2.24. The summed E-state index contributed by atoms with van der Waals surface area (Å²) < 4.78 is 0. The van der Waals surface area contributed by atoms with Gasteiger partial charge in [0.25, 0.3) is 0 Å². The van der Waals surface area contributed by atoms with Crippen molar-refractivity contribution in [2.75, 3.05) is 18.5 Å². The first kappa shape index (κ1) is 17.9. The van der Waals surface area contributed by atoms with Crippen LogP contribution in [0, 0.1) is 12.8 Å². The fourth-order valence-corrected chi connectivity index (χ4v) is 2.98. The van der Waals surface area contributed by atoms with E-state index in [1.807, 2.05) is 19.2 Å². The van der Waals surface area contributed by atoms with Gasteiger partial charge in [0.2, 0.25) is 0 Å². The number of hydrogen-bond donors (Lipinski definition) is 1. The van der Waals surface area contributed by atoms with Crippen molar-refractivity contribution in [3.63, 3.8) is 0 Å². The van der Waals surface area contributed by atoms with Gasteiger partial charge in [-0.25, -0.2) is 14.8 Å². The minimum absolute atomic E-state index is 0.215. The lowest BCUT2D eigenvalue weighted by Gasteiger charge is -2.23. The summed E-state index contributed by atoms with van der Waals surface area (Å²) in [5.74, 6) is 0.264. The number of aryl methyl sites for hydroxylation is 1. The van der Waals surface area contributed by atoms with Crippen molar-refractivity contribution in [2.45, 2.75) is 20.8 Å². The Morgan fingerprint density at radius 3 is 2.38 bits per heavy atom. The Morgan fingerprint density at radius 2 is 1.77 bits per heavy atom. The van der Waals surface area contributed by atoms with Crippen LogP contribution in [0.4, 0.5) is 5.82 Å². The molecule has 1 N–H and O–H groups in total. The van der Waals surface area contributed by atoms with Crippen LogP contribution in [0.3, 0.4) is 0 Å². The van der Waals surface area contributed by atoms with E-state index in [4.69, 9.17) is 9.97 Å². The molecule has 0 aliphatic rings. The summed E-state index contributed by atoms with van der Waals surface area (Å²) in [4.78, 5) is 22.9. The van der Waals surface area contributed by atoms with E-state index >= 15 is 0 Å². The Morgan fingerprint density at radius 1 is 1.08 bits per heavy atom. The van der Waals surface area contributed by atoms with Crippen LogP contribution in [-0.4, -0.2) is 34.6 Å². The van der Waals surface area contributed by atoms with Gasteiger partial charge in [0.15, 0.2) is 5.82 Å². The summed E-state index contributed by atoms with van der Waals surface area (Å²) >= 11 is 0.